The maximum absolute atomic E-state index is 14.5. The molecule has 0 bridgehead atoms. The minimum absolute atomic E-state index is 0.0430. The van der Waals surface area contributed by atoms with E-state index in [0.717, 1.165) is 33.0 Å². The van der Waals surface area contributed by atoms with Crippen molar-refractivity contribution in [3.05, 3.63) is 137 Å². The molecule has 0 spiro atoms. The van der Waals surface area contributed by atoms with Gasteiger partial charge in [-0.05, 0) is 91.4 Å². The second kappa shape index (κ2) is 27.7. The molecule has 5 aliphatic rings. The number of methoxy groups -OCH3 is 3. The van der Waals surface area contributed by atoms with Gasteiger partial charge in [0.05, 0.1) is 75.8 Å². The van der Waals surface area contributed by atoms with Crippen molar-refractivity contribution >= 4 is 89.7 Å². The van der Waals surface area contributed by atoms with Gasteiger partial charge in [0, 0.05) is 98.0 Å². The van der Waals surface area contributed by atoms with E-state index in [4.69, 9.17) is 33.2 Å². The highest BCUT2D eigenvalue weighted by Crippen LogP contribution is 2.45. The smallest absolute Gasteiger partial charge is 0.288 e. The lowest BCUT2D eigenvalue weighted by atomic mass is 10.1. The Balaban J connectivity index is 0.910. The van der Waals surface area contributed by atoms with Crippen molar-refractivity contribution in [1.82, 2.24) is 10.2 Å². The first kappa shape index (κ1) is 62.5. The number of rotatable bonds is 30. The van der Waals surface area contributed by atoms with Crippen LogP contribution in [0, 0.1) is 0 Å². The molecular weight excluding hydrogens is 1180 g/mol. The van der Waals surface area contributed by atoms with Crippen LogP contribution in [0.2, 0.25) is 0 Å². The fourth-order valence-electron chi connectivity index (χ4n) is 11.3. The highest BCUT2D eigenvalue weighted by atomic mass is 33.1. The summed E-state index contributed by atoms with van der Waals surface area (Å²) in [4.78, 5) is 71.7. The molecule has 5 amide bonds. The van der Waals surface area contributed by atoms with E-state index in [9.17, 15) is 36.9 Å². The molecule has 87 heavy (non-hydrogen) atoms. The molecule has 0 saturated carbocycles. The predicted molar refractivity (Wildman–Crippen MR) is 333 cm³/mol. The Morgan fingerprint density at radius 2 is 1.30 bits per heavy atom. The Morgan fingerprint density at radius 3 is 1.92 bits per heavy atom. The van der Waals surface area contributed by atoms with Gasteiger partial charge in [-0.15, -0.1) is 0 Å². The highest BCUT2D eigenvalue weighted by Gasteiger charge is 2.47. The molecule has 4 N–H and O–H groups in total. The molecule has 0 aliphatic carbocycles. The van der Waals surface area contributed by atoms with Gasteiger partial charge in [-0.2, -0.15) is 8.42 Å². The Hall–Kier alpha value is -7.52. The number of carbonyl (C=O) groups excluding carboxylic acids is 5. The zero-order valence-corrected chi connectivity index (χ0v) is 51.5. The van der Waals surface area contributed by atoms with E-state index in [2.05, 4.69) is 34.7 Å². The van der Waals surface area contributed by atoms with Gasteiger partial charge in [-0.1, -0.05) is 58.0 Å². The molecule has 5 heterocycles. The summed E-state index contributed by atoms with van der Waals surface area (Å²) in [6.07, 6.45) is 3.86. The molecular formula is C62H71N7O15S3. The summed E-state index contributed by atoms with van der Waals surface area (Å²) in [5.74, 6) is 0.278. The van der Waals surface area contributed by atoms with Crippen LogP contribution >= 0.6 is 21.6 Å². The van der Waals surface area contributed by atoms with E-state index in [0.29, 0.717) is 98.7 Å². The zero-order chi connectivity index (χ0) is 61.4. The second-order valence-electron chi connectivity index (χ2n) is 21.9. The summed E-state index contributed by atoms with van der Waals surface area (Å²) in [7, 11) is 3.17. The molecule has 25 heteroatoms. The van der Waals surface area contributed by atoms with Gasteiger partial charge in [0.25, 0.3) is 33.7 Å². The molecule has 0 saturated heterocycles. The molecule has 5 aromatic carbocycles. The molecule has 3 atom stereocenters. The van der Waals surface area contributed by atoms with Crippen LogP contribution in [0.15, 0.2) is 103 Å². The largest absolute Gasteiger partial charge is 0.493 e. The SMILES string of the molecule is COCCOCCOCCN(CC(C)(C)SSCCCC(=O)NCCN1C(=O)C=CC1=O)c1cc(COc2cc3c(cc2OC)C(=O)N2c4ccccc4CC2N3)cc(COc2cc3c(cc2OC)C(=O)N2c4ccccc4CC2C(S(=O)(=O)O)N3)c1. The number of nitrogens with one attached hydrogen (secondary N) is 3. The lowest BCUT2D eigenvalue weighted by molar-refractivity contribution is -0.137. The molecule has 10 rings (SSSR count). The van der Waals surface area contributed by atoms with Crippen molar-refractivity contribution in [3.8, 4) is 23.0 Å². The second-order valence-corrected chi connectivity index (χ2v) is 26.6. The zero-order valence-electron chi connectivity index (χ0n) is 49.0. The van der Waals surface area contributed by atoms with Crippen LogP contribution in [0.3, 0.4) is 0 Å². The van der Waals surface area contributed by atoms with Gasteiger partial charge in [-0.3, -0.25) is 38.3 Å². The fourth-order valence-corrected chi connectivity index (χ4v) is 14.7. The summed E-state index contributed by atoms with van der Waals surface area (Å²) < 4.78 is 78.5. The Bertz CT molecular complexity index is 3530. The number of nitrogens with zero attached hydrogens (tertiary/aromatic N) is 4. The Morgan fingerprint density at radius 1 is 0.724 bits per heavy atom. The summed E-state index contributed by atoms with van der Waals surface area (Å²) >= 11 is 0. The van der Waals surface area contributed by atoms with Crippen molar-refractivity contribution in [2.45, 2.75) is 75.1 Å². The van der Waals surface area contributed by atoms with E-state index in [1.807, 2.05) is 54.6 Å². The van der Waals surface area contributed by atoms with Crippen LogP contribution in [-0.2, 0) is 64.8 Å². The Labute approximate surface area is 513 Å². The Kier molecular flexibility index (Phi) is 19.9. The number of hydrogen-bond acceptors (Lipinski definition) is 19. The topological polar surface area (TPSA) is 253 Å². The van der Waals surface area contributed by atoms with Crippen LogP contribution in [0.25, 0.3) is 0 Å². The number of hydrogen-bond donors (Lipinski definition) is 4. The first-order chi connectivity index (χ1) is 41.9. The number of imide groups is 1. The van der Waals surface area contributed by atoms with Gasteiger partial charge in [0.15, 0.2) is 28.4 Å². The van der Waals surface area contributed by atoms with Crippen molar-refractivity contribution in [1.29, 1.82) is 0 Å². The van der Waals surface area contributed by atoms with E-state index in [1.54, 1.807) is 57.9 Å². The number of amides is 5. The number of fused-ring (bicyclic) bond motifs is 8. The molecule has 462 valence electrons. The van der Waals surface area contributed by atoms with Crippen molar-refractivity contribution in [2.75, 3.05) is 112 Å². The molecule has 0 radical (unpaired) electrons. The van der Waals surface area contributed by atoms with E-state index >= 15 is 0 Å². The maximum Gasteiger partial charge on any atom is 0.288 e. The number of para-hydroxylation sites is 2. The van der Waals surface area contributed by atoms with E-state index in [1.165, 1.54) is 43.4 Å². The third kappa shape index (κ3) is 14.6. The monoisotopic (exact) mass is 1250 g/mol. The summed E-state index contributed by atoms with van der Waals surface area (Å²) in [5.41, 5.74) is 6.84. The van der Waals surface area contributed by atoms with Crippen molar-refractivity contribution in [2.24, 2.45) is 0 Å². The summed E-state index contributed by atoms with van der Waals surface area (Å²) in [5, 5.41) is 7.77. The average Bonchev–Trinajstić information content (AvgIpc) is 1.74. The summed E-state index contributed by atoms with van der Waals surface area (Å²) in [6, 6.07) is 26.6. The van der Waals surface area contributed by atoms with Gasteiger partial charge < -0.3 is 58.9 Å². The first-order valence-electron chi connectivity index (χ1n) is 28.6. The fraction of sp³-hybridized carbons (Fsp3) is 0.403. The molecule has 5 aliphatic heterocycles. The molecule has 0 fully saturated rings. The van der Waals surface area contributed by atoms with Crippen LogP contribution in [0.5, 0.6) is 23.0 Å². The lowest BCUT2D eigenvalue weighted by Gasteiger charge is -2.34. The molecule has 0 aromatic heterocycles. The molecule has 22 nitrogen and oxygen atoms in total. The van der Waals surface area contributed by atoms with Crippen molar-refractivity contribution in [3.63, 3.8) is 0 Å². The first-order valence-corrected chi connectivity index (χ1v) is 32.4. The predicted octanol–water partition coefficient (Wildman–Crippen LogP) is 7.49. The lowest BCUT2D eigenvalue weighted by Crippen LogP contribution is -2.49. The van der Waals surface area contributed by atoms with Gasteiger partial charge >= 0.3 is 0 Å². The third-order valence-corrected chi connectivity index (χ3v) is 19.8. The number of anilines is 5. The van der Waals surface area contributed by atoms with Gasteiger partial charge in [-0.25, -0.2) is 0 Å². The maximum atomic E-state index is 14.5. The van der Waals surface area contributed by atoms with Gasteiger partial charge in [0.1, 0.15) is 19.4 Å². The van der Waals surface area contributed by atoms with Crippen LogP contribution < -0.4 is 49.6 Å². The van der Waals surface area contributed by atoms with Crippen molar-refractivity contribution < 1.29 is 70.1 Å². The van der Waals surface area contributed by atoms with Crippen LogP contribution in [0.4, 0.5) is 28.4 Å². The average molecular weight is 1250 g/mol. The molecule has 3 unspecified atom stereocenters. The normalized spacial score (nSPS) is 17.4. The molecule has 5 aromatic rings. The van der Waals surface area contributed by atoms with Crippen LogP contribution in [0.1, 0.15) is 69.7 Å². The summed E-state index contributed by atoms with van der Waals surface area (Å²) in [6.45, 7) is 7.53. The minimum Gasteiger partial charge on any atom is -0.493 e. The van der Waals surface area contributed by atoms with E-state index in [-0.39, 0.29) is 84.6 Å². The van der Waals surface area contributed by atoms with Gasteiger partial charge in [0.2, 0.25) is 5.91 Å². The van der Waals surface area contributed by atoms with Crippen LogP contribution in [-0.4, -0.2) is 156 Å². The standard InChI is InChI=1S/C62H71N7O15S3/c1-62(2,86-85-26-10-15-56(70)63-18-19-67-57(71)16-17-58(67)72)38-66(20-21-81-24-25-82-23-22-78-3)43-28-39(36-83-53-34-46-44(32-51(53)79-4)61(74)69-49-14-9-7-12-42(49)31-55(69)64-46)27-40(29-43)37-84-54-35-47-45(33-52(54)80-5)60(73)68-48-13-8-6-11-41(48)30-50(68)59(65-47)87(75,76)77/h6-9,11-14,16-17,27-29,32-35,50,55,59,64-65H,10,15,18-26,30-31,36-38H2,1-5H3,(H,63,70)(H,75,76,77). The third-order valence-electron chi connectivity index (χ3n) is 15.3. The quantitative estimate of drug-likeness (QED) is 0.0150. The number of benzene rings is 5. The number of ether oxygens (including phenoxy) is 7. The number of carbonyl (C=O) groups is 5. The highest BCUT2D eigenvalue weighted by molar-refractivity contribution is 8.77. The van der Waals surface area contributed by atoms with E-state index < -0.39 is 39.3 Å². The minimum atomic E-state index is -4.77.